The largest absolute Gasteiger partial charge is 0.467 e. The van der Waals surface area contributed by atoms with Crippen LogP contribution in [-0.4, -0.2) is 30.0 Å². The number of amides is 1. The van der Waals surface area contributed by atoms with Crippen molar-refractivity contribution in [2.24, 2.45) is 5.92 Å². The van der Waals surface area contributed by atoms with Crippen LogP contribution in [0.1, 0.15) is 30.6 Å². The summed E-state index contributed by atoms with van der Waals surface area (Å²) in [6.07, 6.45) is 3.35. The standard InChI is InChI=1S/C13H17ClN2O3/c1-8(2)6-11(13(18)19-3)16-12(17)9-4-5-15-7-10(9)14/h4-5,7-8,11H,6H2,1-3H3,(H,16,17). The predicted octanol–water partition coefficient (Wildman–Crippen LogP) is 2.05. The summed E-state index contributed by atoms with van der Waals surface area (Å²) in [6, 6.07) is 0.822. The maximum Gasteiger partial charge on any atom is 0.328 e. The number of ether oxygens (including phenoxy) is 1. The molecule has 5 nitrogen and oxygen atoms in total. The van der Waals surface area contributed by atoms with Gasteiger partial charge < -0.3 is 10.1 Å². The van der Waals surface area contributed by atoms with Gasteiger partial charge >= 0.3 is 5.97 Å². The van der Waals surface area contributed by atoms with Crippen LogP contribution in [0.15, 0.2) is 18.5 Å². The Morgan fingerprint density at radius 3 is 2.68 bits per heavy atom. The molecule has 104 valence electrons. The molecule has 1 N–H and O–H groups in total. The smallest absolute Gasteiger partial charge is 0.328 e. The molecule has 1 unspecified atom stereocenters. The first-order valence-corrected chi connectivity index (χ1v) is 6.31. The van der Waals surface area contributed by atoms with Gasteiger partial charge in [-0.3, -0.25) is 9.78 Å². The number of methoxy groups -OCH3 is 1. The summed E-state index contributed by atoms with van der Waals surface area (Å²) < 4.78 is 4.68. The minimum absolute atomic E-state index is 0.244. The van der Waals surface area contributed by atoms with Crippen LogP contribution >= 0.6 is 11.6 Å². The highest BCUT2D eigenvalue weighted by Gasteiger charge is 2.23. The minimum Gasteiger partial charge on any atom is -0.467 e. The van der Waals surface area contributed by atoms with E-state index in [1.807, 2.05) is 13.8 Å². The van der Waals surface area contributed by atoms with Crippen LogP contribution in [0.2, 0.25) is 5.02 Å². The van der Waals surface area contributed by atoms with Gasteiger partial charge in [-0.2, -0.15) is 0 Å². The third-order valence-electron chi connectivity index (χ3n) is 2.52. The number of pyridine rings is 1. The number of nitrogens with one attached hydrogen (secondary N) is 1. The van der Waals surface area contributed by atoms with Gasteiger partial charge in [-0.25, -0.2) is 4.79 Å². The summed E-state index contributed by atoms with van der Waals surface area (Å²) in [6.45, 7) is 3.92. The topological polar surface area (TPSA) is 68.3 Å². The Balaban J connectivity index is 2.82. The molecule has 0 aliphatic rings. The molecule has 0 fully saturated rings. The number of esters is 1. The molecule has 0 aromatic carbocycles. The molecule has 0 saturated carbocycles. The zero-order valence-electron chi connectivity index (χ0n) is 11.1. The quantitative estimate of drug-likeness (QED) is 0.840. The number of nitrogens with zero attached hydrogens (tertiary/aromatic N) is 1. The fourth-order valence-electron chi connectivity index (χ4n) is 1.62. The van der Waals surface area contributed by atoms with Gasteiger partial charge in [0, 0.05) is 12.4 Å². The summed E-state index contributed by atoms with van der Waals surface area (Å²) in [5, 5.41) is 2.87. The lowest BCUT2D eigenvalue weighted by Crippen LogP contribution is -2.42. The molecule has 1 rings (SSSR count). The normalized spacial score (nSPS) is 12.1. The predicted molar refractivity (Wildman–Crippen MR) is 72.0 cm³/mol. The fourth-order valence-corrected chi connectivity index (χ4v) is 1.83. The summed E-state index contributed by atoms with van der Waals surface area (Å²) in [5.74, 6) is -0.631. The van der Waals surface area contributed by atoms with Gasteiger partial charge in [-0.05, 0) is 18.4 Å². The number of halogens is 1. The highest BCUT2D eigenvalue weighted by atomic mass is 35.5. The Bertz CT molecular complexity index is 463. The highest BCUT2D eigenvalue weighted by molar-refractivity contribution is 6.33. The first-order chi connectivity index (χ1) is 8.95. The molecule has 0 spiro atoms. The van der Waals surface area contributed by atoms with Gasteiger partial charge in [-0.1, -0.05) is 25.4 Å². The second kappa shape index (κ2) is 7.09. The van der Waals surface area contributed by atoms with E-state index in [0.29, 0.717) is 6.42 Å². The number of carbonyl (C=O) groups excluding carboxylic acids is 2. The lowest BCUT2D eigenvalue weighted by Gasteiger charge is -2.18. The van der Waals surface area contributed by atoms with E-state index in [0.717, 1.165) is 0 Å². The molecule has 1 aromatic heterocycles. The van der Waals surface area contributed by atoms with Gasteiger partial charge in [-0.15, -0.1) is 0 Å². The fraction of sp³-hybridized carbons (Fsp3) is 0.462. The number of hydrogen-bond acceptors (Lipinski definition) is 4. The Morgan fingerprint density at radius 2 is 2.16 bits per heavy atom. The molecule has 0 saturated heterocycles. The SMILES string of the molecule is COC(=O)C(CC(C)C)NC(=O)c1ccncc1Cl. The van der Waals surface area contributed by atoms with Crippen molar-refractivity contribution in [3.63, 3.8) is 0 Å². The average Bonchev–Trinajstić information content (AvgIpc) is 2.36. The summed E-state index contributed by atoms with van der Waals surface area (Å²) in [5.41, 5.74) is 0.286. The van der Waals surface area contributed by atoms with E-state index in [-0.39, 0.29) is 16.5 Å². The second-order valence-electron chi connectivity index (χ2n) is 4.53. The van der Waals surface area contributed by atoms with Crippen LogP contribution in [0.5, 0.6) is 0 Å². The van der Waals surface area contributed by atoms with E-state index < -0.39 is 17.9 Å². The molecule has 0 aliphatic carbocycles. The maximum absolute atomic E-state index is 12.0. The van der Waals surface area contributed by atoms with Crippen molar-refractivity contribution >= 4 is 23.5 Å². The van der Waals surface area contributed by atoms with Crippen molar-refractivity contribution in [2.75, 3.05) is 7.11 Å². The average molecular weight is 285 g/mol. The molecule has 6 heteroatoms. The van der Waals surface area contributed by atoms with Gasteiger partial charge in [0.1, 0.15) is 6.04 Å². The minimum atomic E-state index is -0.679. The van der Waals surface area contributed by atoms with Gasteiger partial charge in [0.05, 0.1) is 17.7 Å². The van der Waals surface area contributed by atoms with Gasteiger partial charge in [0.15, 0.2) is 0 Å². The van der Waals surface area contributed by atoms with Gasteiger partial charge in [0.25, 0.3) is 5.91 Å². The maximum atomic E-state index is 12.0. The first-order valence-electron chi connectivity index (χ1n) is 5.94. The van der Waals surface area contributed by atoms with Crippen molar-refractivity contribution in [3.8, 4) is 0 Å². The summed E-state index contributed by atoms with van der Waals surface area (Å²) in [7, 11) is 1.29. The third kappa shape index (κ3) is 4.52. The number of rotatable bonds is 5. The van der Waals surface area contributed by atoms with E-state index in [2.05, 4.69) is 15.0 Å². The van der Waals surface area contributed by atoms with Crippen LogP contribution in [0.3, 0.4) is 0 Å². The second-order valence-corrected chi connectivity index (χ2v) is 4.94. The molecule has 19 heavy (non-hydrogen) atoms. The summed E-state index contributed by atoms with van der Waals surface area (Å²) >= 11 is 5.88. The molecule has 0 aliphatic heterocycles. The van der Waals surface area contributed by atoms with Crippen molar-refractivity contribution in [1.29, 1.82) is 0 Å². The number of carbonyl (C=O) groups is 2. The van der Waals surface area contributed by atoms with Crippen LogP contribution in [0.25, 0.3) is 0 Å². The molecule has 0 radical (unpaired) electrons. The van der Waals surface area contributed by atoms with Crippen LogP contribution in [0.4, 0.5) is 0 Å². The van der Waals surface area contributed by atoms with E-state index in [1.165, 1.54) is 25.6 Å². The van der Waals surface area contributed by atoms with Crippen molar-refractivity contribution in [3.05, 3.63) is 29.0 Å². The number of hydrogen-bond donors (Lipinski definition) is 1. The molecule has 1 atom stereocenters. The monoisotopic (exact) mass is 284 g/mol. The van der Waals surface area contributed by atoms with E-state index in [9.17, 15) is 9.59 Å². The zero-order valence-corrected chi connectivity index (χ0v) is 11.9. The van der Waals surface area contributed by atoms with E-state index in [4.69, 9.17) is 11.6 Å². The molecule has 1 amide bonds. The molecule has 1 aromatic rings. The van der Waals surface area contributed by atoms with E-state index in [1.54, 1.807) is 0 Å². The van der Waals surface area contributed by atoms with Crippen molar-refractivity contribution in [1.82, 2.24) is 10.3 Å². The summed E-state index contributed by atoms with van der Waals surface area (Å²) in [4.78, 5) is 27.5. The van der Waals surface area contributed by atoms with E-state index >= 15 is 0 Å². The Labute approximate surface area is 117 Å². The lowest BCUT2D eigenvalue weighted by atomic mass is 10.0. The number of aromatic nitrogens is 1. The molecular formula is C13H17ClN2O3. The molecule has 1 heterocycles. The zero-order chi connectivity index (χ0) is 14.4. The van der Waals surface area contributed by atoms with Crippen molar-refractivity contribution < 1.29 is 14.3 Å². The van der Waals surface area contributed by atoms with Crippen LogP contribution in [0, 0.1) is 5.92 Å². The van der Waals surface area contributed by atoms with Crippen LogP contribution in [-0.2, 0) is 9.53 Å². The van der Waals surface area contributed by atoms with Crippen molar-refractivity contribution in [2.45, 2.75) is 26.3 Å². The Morgan fingerprint density at radius 1 is 1.47 bits per heavy atom. The lowest BCUT2D eigenvalue weighted by molar-refractivity contribution is -0.143. The molecule has 0 bridgehead atoms. The Kier molecular flexibility index (Phi) is 5.76. The highest BCUT2D eigenvalue weighted by Crippen LogP contribution is 2.14. The first kappa shape index (κ1) is 15.4. The Hall–Kier alpha value is -1.62. The third-order valence-corrected chi connectivity index (χ3v) is 2.82. The van der Waals surface area contributed by atoms with Gasteiger partial charge in [0.2, 0.25) is 0 Å². The van der Waals surface area contributed by atoms with Crippen LogP contribution < -0.4 is 5.32 Å². The molecular weight excluding hydrogens is 268 g/mol.